The summed E-state index contributed by atoms with van der Waals surface area (Å²) in [4.78, 5) is 30.1. The predicted octanol–water partition coefficient (Wildman–Crippen LogP) is 6.09. The van der Waals surface area contributed by atoms with Crippen LogP contribution in [0, 0.1) is 20.8 Å². The molecule has 0 spiro atoms. The van der Waals surface area contributed by atoms with Crippen molar-refractivity contribution in [3.8, 4) is 17.1 Å². The zero-order valence-electron chi connectivity index (χ0n) is 26.1. The van der Waals surface area contributed by atoms with Crippen LogP contribution in [0.2, 0.25) is 0 Å². The number of hydrogen-bond donors (Lipinski definition) is 2. The van der Waals surface area contributed by atoms with E-state index in [9.17, 15) is 4.79 Å². The molecule has 8 nitrogen and oxygen atoms in total. The molecule has 0 unspecified atom stereocenters. The summed E-state index contributed by atoms with van der Waals surface area (Å²) in [7, 11) is 1.70. The second-order valence-electron chi connectivity index (χ2n) is 11.7. The zero-order valence-corrected chi connectivity index (χ0v) is 26.1. The van der Waals surface area contributed by atoms with Gasteiger partial charge in [0.1, 0.15) is 11.6 Å². The molecule has 0 radical (unpaired) electrons. The highest BCUT2D eigenvalue weighted by Gasteiger charge is 2.28. The van der Waals surface area contributed by atoms with Crippen LogP contribution in [0.1, 0.15) is 58.8 Å². The van der Waals surface area contributed by atoms with Crippen LogP contribution < -0.4 is 15.0 Å². The van der Waals surface area contributed by atoms with Gasteiger partial charge in [-0.15, -0.1) is 0 Å². The molecule has 2 aromatic carbocycles. The van der Waals surface area contributed by atoms with E-state index in [-0.39, 0.29) is 5.91 Å². The van der Waals surface area contributed by atoms with Crippen LogP contribution in [0.4, 0.5) is 5.69 Å². The van der Waals surface area contributed by atoms with Crippen LogP contribution in [0.25, 0.3) is 11.4 Å². The fraction of sp³-hybridized carbons (Fsp3) is 0.400. The van der Waals surface area contributed by atoms with Crippen molar-refractivity contribution in [1.29, 1.82) is 0 Å². The van der Waals surface area contributed by atoms with Crippen LogP contribution in [-0.2, 0) is 6.54 Å². The number of aromatic amines is 1. The summed E-state index contributed by atoms with van der Waals surface area (Å²) >= 11 is 0. The zero-order chi connectivity index (χ0) is 30.3. The number of likely N-dealkylation sites (tertiary alicyclic amines) is 1. The van der Waals surface area contributed by atoms with Gasteiger partial charge in [0.15, 0.2) is 0 Å². The van der Waals surface area contributed by atoms with Gasteiger partial charge in [-0.2, -0.15) is 0 Å². The first-order valence-corrected chi connectivity index (χ1v) is 15.3. The number of aryl methyl sites for hydroxylation is 3. The van der Waals surface area contributed by atoms with E-state index in [1.165, 1.54) is 16.8 Å². The van der Waals surface area contributed by atoms with Crippen molar-refractivity contribution in [2.24, 2.45) is 0 Å². The molecule has 1 atom stereocenters. The molecule has 0 saturated carbocycles. The summed E-state index contributed by atoms with van der Waals surface area (Å²) in [6.45, 7) is 12.0. The Kier molecular flexibility index (Phi) is 9.77. The van der Waals surface area contributed by atoms with Gasteiger partial charge in [-0.3, -0.25) is 9.78 Å². The van der Waals surface area contributed by atoms with E-state index >= 15 is 0 Å². The number of pyridine rings is 1. The van der Waals surface area contributed by atoms with Gasteiger partial charge in [0, 0.05) is 79.9 Å². The quantitative estimate of drug-likeness (QED) is 0.224. The molecular formula is C35H44N6O2. The van der Waals surface area contributed by atoms with Gasteiger partial charge < -0.3 is 24.8 Å². The molecule has 4 aromatic rings. The molecule has 1 amide bonds. The Labute approximate surface area is 255 Å². The summed E-state index contributed by atoms with van der Waals surface area (Å²) in [6.07, 6.45) is 10.5. The highest BCUT2D eigenvalue weighted by atomic mass is 16.5. The molecule has 1 fully saturated rings. The highest BCUT2D eigenvalue weighted by Crippen LogP contribution is 2.29. The molecule has 0 aliphatic carbocycles. The van der Waals surface area contributed by atoms with Gasteiger partial charge >= 0.3 is 0 Å². The Balaban J connectivity index is 1.16. The van der Waals surface area contributed by atoms with Crippen molar-refractivity contribution in [2.75, 3.05) is 31.6 Å². The van der Waals surface area contributed by atoms with Crippen LogP contribution in [-0.4, -0.2) is 64.6 Å². The average Bonchev–Trinajstić information content (AvgIpc) is 3.56. The van der Waals surface area contributed by atoms with Gasteiger partial charge in [-0.25, -0.2) is 4.98 Å². The molecule has 2 N–H and O–H groups in total. The monoisotopic (exact) mass is 580 g/mol. The van der Waals surface area contributed by atoms with Crippen LogP contribution >= 0.6 is 0 Å². The van der Waals surface area contributed by atoms with Gasteiger partial charge in [-0.1, -0.05) is 0 Å². The Morgan fingerprint density at radius 2 is 1.79 bits per heavy atom. The van der Waals surface area contributed by atoms with Crippen molar-refractivity contribution >= 4 is 11.6 Å². The minimum atomic E-state index is -0.00673. The summed E-state index contributed by atoms with van der Waals surface area (Å²) < 4.78 is 5.41. The maximum atomic E-state index is 13.1. The Bertz CT molecular complexity index is 1470. The summed E-state index contributed by atoms with van der Waals surface area (Å²) in [6, 6.07) is 15.4. The standard InChI is InChI=1S/C35H44N6O2/c1-24-10-14-36-22-29(24)23-41(30-6-8-32(43-5)9-7-30)31-12-18-40(19-13-31)27(4)11-15-39-35(42)33-25(2)20-28(21-26(33)3)34-37-16-17-38-34/h6-10,14,16-17,20-22,27,31H,11-13,15,18-19,23H2,1-5H3,(H,37,38)(H,39,42)/t27-/m1/s1. The Morgan fingerprint density at radius 3 is 2.42 bits per heavy atom. The molecule has 1 aliphatic rings. The van der Waals surface area contributed by atoms with Gasteiger partial charge in [0.05, 0.1) is 7.11 Å². The topological polar surface area (TPSA) is 86.4 Å². The van der Waals surface area contributed by atoms with Crippen molar-refractivity contribution in [3.63, 3.8) is 0 Å². The Morgan fingerprint density at radius 1 is 1.07 bits per heavy atom. The van der Waals surface area contributed by atoms with E-state index in [0.29, 0.717) is 18.6 Å². The van der Waals surface area contributed by atoms with Gasteiger partial charge in [0.2, 0.25) is 0 Å². The van der Waals surface area contributed by atoms with Crippen molar-refractivity contribution in [3.05, 3.63) is 95.1 Å². The highest BCUT2D eigenvalue weighted by molar-refractivity contribution is 5.97. The summed E-state index contributed by atoms with van der Waals surface area (Å²) in [5.74, 6) is 1.68. The third-order valence-corrected chi connectivity index (χ3v) is 8.83. The lowest BCUT2D eigenvalue weighted by Gasteiger charge is -2.42. The van der Waals surface area contributed by atoms with Crippen LogP contribution in [0.3, 0.4) is 0 Å². The van der Waals surface area contributed by atoms with E-state index in [0.717, 1.165) is 72.7 Å². The maximum Gasteiger partial charge on any atom is 0.251 e. The fourth-order valence-electron chi connectivity index (χ4n) is 6.24. The number of methoxy groups -OCH3 is 1. The minimum absolute atomic E-state index is 0.00673. The molecule has 1 saturated heterocycles. The summed E-state index contributed by atoms with van der Waals surface area (Å²) in [5.41, 5.74) is 7.40. The first-order chi connectivity index (χ1) is 20.8. The first kappa shape index (κ1) is 30.3. The number of imidazole rings is 1. The average molecular weight is 581 g/mol. The number of nitrogens with one attached hydrogen (secondary N) is 2. The number of carbonyl (C=O) groups is 1. The number of benzene rings is 2. The number of amides is 1. The predicted molar refractivity (Wildman–Crippen MR) is 173 cm³/mol. The smallest absolute Gasteiger partial charge is 0.251 e. The maximum absolute atomic E-state index is 13.1. The minimum Gasteiger partial charge on any atom is -0.497 e. The second kappa shape index (κ2) is 13.9. The van der Waals surface area contributed by atoms with E-state index in [1.54, 1.807) is 13.3 Å². The SMILES string of the molecule is COc1ccc(N(Cc2cnccc2C)C2CCN([C@H](C)CCNC(=O)c3c(C)cc(-c4ncc[nH]4)cc3C)CC2)cc1. The lowest BCUT2D eigenvalue weighted by molar-refractivity contribution is 0.0944. The molecule has 1 aliphatic heterocycles. The lowest BCUT2D eigenvalue weighted by Crippen LogP contribution is -2.48. The van der Waals surface area contributed by atoms with Crippen LogP contribution in [0.15, 0.2) is 67.3 Å². The van der Waals surface area contributed by atoms with Crippen molar-refractivity contribution in [2.45, 2.75) is 65.6 Å². The van der Waals surface area contributed by atoms with Crippen molar-refractivity contribution in [1.82, 2.24) is 25.2 Å². The molecule has 0 bridgehead atoms. The van der Waals surface area contributed by atoms with E-state index in [2.05, 4.69) is 62.1 Å². The molecule has 8 heteroatoms. The number of nitrogens with zero attached hydrogens (tertiary/aromatic N) is 4. The van der Waals surface area contributed by atoms with E-state index in [1.807, 2.05) is 56.7 Å². The molecule has 3 heterocycles. The number of ether oxygens (including phenoxy) is 1. The van der Waals surface area contributed by atoms with Crippen LogP contribution in [0.5, 0.6) is 5.75 Å². The Hall–Kier alpha value is -4.17. The number of H-pyrrole nitrogens is 1. The van der Waals surface area contributed by atoms with Crippen molar-refractivity contribution < 1.29 is 9.53 Å². The number of aromatic nitrogens is 3. The normalized spacial score (nSPS) is 14.8. The molecule has 5 rings (SSSR count). The van der Waals surface area contributed by atoms with Gasteiger partial charge in [0.25, 0.3) is 5.91 Å². The van der Waals surface area contributed by atoms with E-state index in [4.69, 9.17) is 4.74 Å². The number of piperidine rings is 1. The lowest BCUT2D eigenvalue weighted by atomic mass is 9.98. The molecular weight excluding hydrogens is 536 g/mol. The number of hydrogen-bond acceptors (Lipinski definition) is 6. The fourth-order valence-corrected chi connectivity index (χ4v) is 6.24. The summed E-state index contributed by atoms with van der Waals surface area (Å²) in [5, 5.41) is 3.18. The number of carbonyl (C=O) groups excluding carboxylic acids is 1. The third-order valence-electron chi connectivity index (χ3n) is 8.83. The number of anilines is 1. The van der Waals surface area contributed by atoms with E-state index < -0.39 is 0 Å². The number of rotatable bonds is 11. The molecule has 43 heavy (non-hydrogen) atoms. The van der Waals surface area contributed by atoms with Gasteiger partial charge in [-0.05, 0) is 112 Å². The second-order valence-corrected chi connectivity index (χ2v) is 11.7. The molecule has 2 aromatic heterocycles. The first-order valence-electron chi connectivity index (χ1n) is 15.3. The third kappa shape index (κ3) is 7.25. The largest absolute Gasteiger partial charge is 0.497 e. The molecule has 226 valence electrons.